The second-order valence-corrected chi connectivity index (χ2v) is 5.36. The Balaban J connectivity index is 1.88. The normalized spacial score (nSPS) is 10.7. The molecule has 0 radical (unpaired) electrons. The number of carbonyl (C=O) groups is 1. The minimum atomic E-state index is -0.259. The average molecular weight is 330 g/mol. The van der Waals surface area contributed by atoms with Gasteiger partial charge >= 0.3 is 0 Å². The van der Waals surface area contributed by atoms with Crippen LogP contribution in [0.5, 0.6) is 5.75 Å². The number of benzene rings is 3. The highest BCUT2D eigenvalue weighted by Gasteiger charge is 2.07. The van der Waals surface area contributed by atoms with Crippen LogP contribution in [0.25, 0.3) is 10.8 Å². The third kappa shape index (κ3) is 3.93. The Bertz CT molecular complexity index is 918. The highest BCUT2D eigenvalue weighted by Crippen LogP contribution is 2.26. The number of carbonyl (C=O) groups excluding carboxylic acids is 1. The van der Waals surface area contributed by atoms with Gasteiger partial charge in [0.15, 0.2) is 0 Å². The van der Waals surface area contributed by atoms with Crippen molar-refractivity contribution in [1.82, 2.24) is 5.43 Å². The third-order valence-electron chi connectivity index (χ3n) is 3.68. The van der Waals surface area contributed by atoms with Crippen LogP contribution in [0.4, 0.5) is 0 Å². The molecule has 25 heavy (non-hydrogen) atoms. The van der Waals surface area contributed by atoms with Crippen LogP contribution in [-0.2, 0) is 0 Å². The van der Waals surface area contributed by atoms with Gasteiger partial charge in [0, 0.05) is 11.1 Å². The van der Waals surface area contributed by atoms with Gasteiger partial charge in [-0.3, -0.25) is 4.79 Å². The molecule has 0 aliphatic rings. The maximum absolute atomic E-state index is 12.1. The van der Waals surface area contributed by atoms with Crippen LogP contribution in [0.2, 0.25) is 0 Å². The summed E-state index contributed by atoms with van der Waals surface area (Å²) in [4.78, 5) is 12.1. The van der Waals surface area contributed by atoms with Gasteiger partial charge in [0.1, 0.15) is 12.4 Å². The van der Waals surface area contributed by atoms with E-state index in [9.17, 15) is 4.79 Å². The SMILES string of the molecule is C=CCOc1ccc2ccccc2c1/C=N\NC(=O)c1ccccc1. The van der Waals surface area contributed by atoms with Crippen molar-refractivity contribution in [2.24, 2.45) is 5.10 Å². The summed E-state index contributed by atoms with van der Waals surface area (Å²) in [7, 11) is 0. The maximum Gasteiger partial charge on any atom is 0.271 e. The molecule has 0 heterocycles. The summed E-state index contributed by atoms with van der Waals surface area (Å²) in [5, 5.41) is 6.18. The second-order valence-electron chi connectivity index (χ2n) is 5.36. The zero-order chi connectivity index (χ0) is 17.5. The van der Waals surface area contributed by atoms with Crippen LogP contribution < -0.4 is 10.2 Å². The fourth-order valence-corrected chi connectivity index (χ4v) is 2.49. The first-order valence-electron chi connectivity index (χ1n) is 7.93. The molecule has 4 heteroatoms. The Hall–Kier alpha value is -3.40. The summed E-state index contributed by atoms with van der Waals surface area (Å²) < 4.78 is 5.71. The number of nitrogens with zero attached hydrogens (tertiary/aromatic N) is 1. The number of fused-ring (bicyclic) bond motifs is 1. The Kier molecular flexibility index (Phi) is 5.22. The largest absolute Gasteiger partial charge is 0.489 e. The van der Waals surface area contributed by atoms with Crippen molar-refractivity contribution in [3.8, 4) is 5.75 Å². The van der Waals surface area contributed by atoms with Crippen molar-refractivity contribution >= 4 is 22.9 Å². The molecule has 124 valence electrons. The standard InChI is InChI=1S/C21H18N2O2/c1-2-14-25-20-13-12-16-8-6-7-11-18(16)19(20)15-22-23-21(24)17-9-4-3-5-10-17/h2-13,15H,1,14H2,(H,23,24)/b22-15-. The summed E-state index contributed by atoms with van der Waals surface area (Å²) in [6.07, 6.45) is 3.30. The van der Waals surface area contributed by atoms with Gasteiger partial charge in [0.05, 0.1) is 6.21 Å². The van der Waals surface area contributed by atoms with Crippen LogP contribution in [0.3, 0.4) is 0 Å². The van der Waals surface area contributed by atoms with Crippen molar-refractivity contribution in [1.29, 1.82) is 0 Å². The topological polar surface area (TPSA) is 50.7 Å². The predicted octanol–water partition coefficient (Wildman–Crippen LogP) is 4.17. The van der Waals surface area contributed by atoms with Gasteiger partial charge in [0.25, 0.3) is 5.91 Å². The maximum atomic E-state index is 12.1. The molecule has 0 aromatic heterocycles. The minimum Gasteiger partial charge on any atom is -0.489 e. The van der Waals surface area contributed by atoms with Crippen molar-refractivity contribution in [2.75, 3.05) is 6.61 Å². The molecule has 3 aromatic rings. The predicted molar refractivity (Wildman–Crippen MR) is 101 cm³/mol. The van der Waals surface area contributed by atoms with E-state index in [1.54, 1.807) is 24.4 Å². The van der Waals surface area contributed by atoms with E-state index < -0.39 is 0 Å². The summed E-state index contributed by atoms with van der Waals surface area (Å²) in [5.41, 5.74) is 3.92. The van der Waals surface area contributed by atoms with E-state index in [-0.39, 0.29) is 5.91 Å². The number of amides is 1. The first kappa shape index (κ1) is 16.5. The third-order valence-corrected chi connectivity index (χ3v) is 3.68. The molecular formula is C21H18N2O2. The van der Waals surface area contributed by atoms with E-state index in [1.807, 2.05) is 54.6 Å². The summed E-state index contributed by atoms with van der Waals surface area (Å²) in [6, 6.07) is 20.8. The molecule has 0 bridgehead atoms. The lowest BCUT2D eigenvalue weighted by Crippen LogP contribution is -2.17. The van der Waals surface area contributed by atoms with Crippen molar-refractivity contribution in [3.63, 3.8) is 0 Å². The van der Waals surface area contributed by atoms with Gasteiger partial charge in [0.2, 0.25) is 0 Å². The number of hydrogen-bond donors (Lipinski definition) is 1. The monoisotopic (exact) mass is 330 g/mol. The van der Waals surface area contributed by atoms with Crippen molar-refractivity contribution in [2.45, 2.75) is 0 Å². The first-order valence-corrected chi connectivity index (χ1v) is 7.93. The quantitative estimate of drug-likeness (QED) is 0.419. The smallest absolute Gasteiger partial charge is 0.271 e. The van der Waals surface area contributed by atoms with Gasteiger partial charge in [-0.15, -0.1) is 0 Å². The highest BCUT2D eigenvalue weighted by molar-refractivity contribution is 6.03. The van der Waals surface area contributed by atoms with Crippen LogP contribution >= 0.6 is 0 Å². The lowest BCUT2D eigenvalue weighted by Gasteiger charge is -2.10. The fraction of sp³-hybridized carbons (Fsp3) is 0.0476. The van der Waals surface area contributed by atoms with E-state index in [4.69, 9.17) is 4.74 Å². The molecule has 0 saturated carbocycles. The molecule has 4 nitrogen and oxygen atoms in total. The summed E-state index contributed by atoms with van der Waals surface area (Å²) in [6.45, 7) is 4.07. The Morgan fingerprint density at radius 3 is 2.60 bits per heavy atom. The van der Waals surface area contributed by atoms with Crippen LogP contribution in [0, 0.1) is 0 Å². The van der Waals surface area contributed by atoms with E-state index in [0.717, 1.165) is 16.3 Å². The van der Waals surface area contributed by atoms with Crippen molar-refractivity contribution in [3.05, 3.63) is 90.5 Å². The van der Waals surface area contributed by atoms with Crippen LogP contribution in [-0.4, -0.2) is 18.7 Å². The minimum absolute atomic E-state index is 0.259. The molecule has 3 rings (SSSR count). The van der Waals surface area contributed by atoms with Gasteiger partial charge in [-0.25, -0.2) is 5.43 Å². The number of ether oxygens (including phenoxy) is 1. The fourth-order valence-electron chi connectivity index (χ4n) is 2.49. The summed E-state index contributed by atoms with van der Waals surface area (Å²) >= 11 is 0. The summed E-state index contributed by atoms with van der Waals surface area (Å²) in [5.74, 6) is 0.432. The molecule has 0 fully saturated rings. The van der Waals surface area contributed by atoms with E-state index in [1.165, 1.54) is 0 Å². The zero-order valence-electron chi connectivity index (χ0n) is 13.7. The second kappa shape index (κ2) is 7.93. The molecule has 0 spiro atoms. The van der Waals surface area contributed by atoms with Crippen molar-refractivity contribution < 1.29 is 9.53 Å². The van der Waals surface area contributed by atoms with Gasteiger partial charge in [-0.05, 0) is 29.0 Å². The number of hydrazone groups is 1. The molecule has 0 saturated heterocycles. The van der Waals surface area contributed by atoms with E-state index in [0.29, 0.717) is 17.9 Å². The van der Waals surface area contributed by atoms with Gasteiger partial charge in [-0.2, -0.15) is 5.10 Å². The molecule has 0 aliphatic heterocycles. The molecule has 1 N–H and O–H groups in total. The number of rotatable bonds is 6. The Morgan fingerprint density at radius 2 is 1.80 bits per heavy atom. The average Bonchev–Trinajstić information content (AvgIpc) is 2.67. The molecular weight excluding hydrogens is 312 g/mol. The van der Waals surface area contributed by atoms with Gasteiger partial charge < -0.3 is 4.74 Å². The lowest BCUT2D eigenvalue weighted by atomic mass is 10.0. The molecule has 1 amide bonds. The number of nitrogens with one attached hydrogen (secondary N) is 1. The molecule has 0 aliphatic carbocycles. The van der Waals surface area contributed by atoms with Crippen LogP contribution in [0.1, 0.15) is 15.9 Å². The molecule has 0 unspecified atom stereocenters. The first-order chi connectivity index (χ1) is 12.3. The van der Waals surface area contributed by atoms with Gasteiger partial charge in [-0.1, -0.05) is 61.2 Å². The zero-order valence-corrected chi connectivity index (χ0v) is 13.7. The Morgan fingerprint density at radius 1 is 1.04 bits per heavy atom. The molecule has 3 aromatic carbocycles. The van der Waals surface area contributed by atoms with E-state index >= 15 is 0 Å². The van der Waals surface area contributed by atoms with Crippen LogP contribution in [0.15, 0.2) is 84.5 Å². The molecule has 0 atom stereocenters. The lowest BCUT2D eigenvalue weighted by molar-refractivity contribution is 0.0955. The Labute approximate surface area is 146 Å². The highest BCUT2D eigenvalue weighted by atomic mass is 16.5. The van der Waals surface area contributed by atoms with E-state index in [2.05, 4.69) is 17.1 Å². The number of hydrogen-bond acceptors (Lipinski definition) is 3.